The lowest BCUT2D eigenvalue weighted by atomic mass is 10.0. The fourth-order valence-electron chi connectivity index (χ4n) is 2.08. The van der Waals surface area contributed by atoms with Gasteiger partial charge in [-0.3, -0.25) is 0 Å². The van der Waals surface area contributed by atoms with E-state index in [1.54, 1.807) is 13.8 Å². The first-order valence-electron chi connectivity index (χ1n) is 8.03. The van der Waals surface area contributed by atoms with E-state index in [0.29, 0.717) is 30.8 Å². The molecule has 0 saturated carbocycles. The van der Waals surface area contributed by atoms with Crippen LogP contribution in [0.25, 0.3) is 0 Å². The molecule has 1 unspecified atom stereocenters. The predicted molar refractivity (Wildman–Crippen MR) is 90.0 cm³/mol. The van der Waals surface area contributed by atoms with Gasteiger partial charge in [0.2, 0.25) is 5.89 Å². The lowest BCUT2D eigenvalue weighted by molar-refractivity contribution is 0.230. The van der Waals surface area contributed by atoms with Crippen molar-refractivity contribution in [1.82, 2.24) is 20.8 Å². The van der Waals surface area contributed by atoms with Crippen LogP contribution in [-0.4, -0.2) is 29.3 Å². The smallest absolute Gasteiger partial charge is 0.315 e. The first kappa shape index (κ1) is 17.8. The molecule has 0 bridgehead atoms. The van der Waals surface area contributed by atoms with Crippen LogP contribution in [0.5, 0.6) is 5.75 Å². The Kier molecular flexibility index (Phi) is 6.17. The van der Waals surface area contributed by atoms with E-state index in [1.807, 2.05) is 24.3 Å². The zero-order valence-electron chi connectivity index (χ0n) is 14.5. The number of rotatable bonds is 7. The molecule has 2 N–H and O–H groups in total. The molecule has 2 aromatic rings. The van der Waals surface area contributed by atoms with Crippen molar-refractivity contribution in [2.45, 2.75) is 39.7 Å². The molecular formula is C17H24N4O3. The van der Waals surface area contributed by atoms with E-state index in [4.69, 9.17) is 9.26 Å². The van der Waals surface area contributed by atoms with Gasteiger partial charge in [-0.2, -0.15) is 4.98 Å². The molecule has 7 heteroatoms. The minimum Gasteiger partial charge on any atom is -0.492 e. The number of benzene rings is 1. The van der Waals surface area contributed by atoms with Gasteiger partial charge in [-0.25, -0.2) is 4.79 Å². The Labute approximate surface area is 141 Å². The summed E-state index contributed by atoms with van der Waals surface area (Å²) in [5.41, 5.74) is 1.27. The fourth-order valence-corrected chi connectivity index (χ4v) is 2.08. The number of carbonyl (C=O) groups is 1. The van der Waals surface area contributed by atoms with Gasteiger partial charge in [-0.15, -0.1) is 0 Å². The maximum atomic E-state index is 11.8. The van der Waals surface area contributed by atoms with Gasteiger partial charge in [-0.1, -0.05) is 31.1 Å². The number of nitrogens with zero attached hydrogens (tertiary/aromatic N) is 2. The number of ether oxygens (including phenoxy) is 1. The maximum Gasteiger partial charge on any atom is 0.315 e. The zero-order chi connectivity index (χ0) is 17.5. The molecule has 0 fully saturated rings. The van der Waals surface area contributed by atoms with Gasteiger partial charge in [0.15, 0.2) is 5.82 Å². The highest BCUT2D eigenvalue weighted by molar-refractivity contribution is 5.74. The largest absolute Gasteiger partial charge is 0.492 e. The number of amides is 2. The van der Waals surface area contributed by atoms with Crippen LogP contribution in [0.15, 0.2) is 28.8 Å². The van der Waals surface area contributed by atoms with Crippen LogP contribution in [0.2, 0.25) is 0 Å². The number of urea groups is 1. The summed E-state index contributed by atoms with van der Waals surface area (Å²) in [4.78, 5) is 15.9. The molecule has 24 heavy (non-hydrogen) atoms. The van der Waals surface area contributed by atoms with E-state index in [9.17, 15) is 4.79 Å². The monoisotopic (exact) mass is 332 g/mol. The summed E-state index contributed by atoms with van der Waals surface area (Å²) in [6.07, 6.45) is 0. The fraction of sp³-hybridized carbons (Fsp3) is 0.471. The number of aromatic nitrogens is 2. The van der Waals surface area contributed by atoms with E-state index < -0.39 is 0 Å². The second-order valence-corrected chi connectivity index (χ2v) is 5.87. The quantitative estimate of drug-likeness (QED) is 0.761. The van der Waals surface area contributed by atoms with Crippen molar-refractivity contribution in [3.63, 3.8) is 0 Å². The Balaban J connectivity index is 1.67. The molecule has 0 radical (unpaired) electrons. The highest BCUT2D eigenvalue weighted by Crippen LogP contribution is 2.18. The van der Waals surface area contributed by atoms with Crippen molar-refractivity contribution < 1.29 is 14.1 Å². The lowest BCUT2D eigenvalue weighted by Gasteiger charge is -2.12. The Morgan fingerprint density at radius 1 is 1.25 bits per heavy atom. The Bertz CT molecular complexity index is 652. The molecular weight excluding hydrogens is 308 g/mol. The van der Waals surface area contributed by atoms with Crippen molar-refractivity contribution >= 4 is 6.03 Å². The average molecular weight is 332 g/mol. The summed E-state index contributed by atoms with van der Waals surface area (Å²) in [6.45, 7) is 8.59. The average Bonchev–Trinajstić information content (AvgIpc) is 2.98. The van der Waals surface area contributed by atoms with Gasteiger partial charge in [0.1, 0.15) is 18.4 Å². The molecule has 1 aromatic heterocycles. The zero-order valence-corrected chi connectivity index (χ0v) is 14.5. The molecule has 7 nitrogen and oxygen atoms in total. The van der Waals surface area contributed by atoms with E-state index in [1.165, 1.54) is 5.56 Å². The number of aryl methyl sites for hydroxylation is 1. The Hall–Kier alpha value is -2.57. The van der Waals surface area contributed by atoms with Crippen LogP contribution < -0.4 is 15.4 Å². The molecule has 1 aromatic carbocycles. The summed E-state index contributed by atoms with van der Waals surface area (Å²) in [6, 6.07) is 7.32. The second-order valence-electron chi connectivity index (χ2n) is 5.87. The van der Waals surface area contributed by atoms with Crippen molar-refractivity contribution in [2.75, 3.05) is 13.2 Å². The minimum absolute atomic E-state index is 0.308. The molecule has 1 atom stereocenters. The van der Waals surface area contributed by atoms with Gasteiger partial charge in [0.25, 0.3) is 0 Å². The maximum absolute atomic E-state index is 11.8. The summed E-state index contributed by atoms with van der Waals surface area (Å²) in [7, 11) is 0. The van der Waals surface area contributed by atoms with Crippen LogP contribution >= 0.6 is 0 Å². The van der Waals surface area contributed by atoms with Crippen LogP contribution in [-0.2, 0) is 0 Å². The SMILES string of the molecule is Cc1noc(C(C)NC(=O)NCCOc2ccc(C(C)C)cc2)n1. The van der Waals surface area contributed by atoms with E-state index >= 15 is 0 Å². The van der Waals surface area contributed by atoms with Gasteiger partial charge >= 0.3 is 6.03 Å². The van der Waals surface area contributed by atoms with Crippen molar-refractivity contribution in [3.05, 3.63) is 41.5 Å². The third kappa shape index (κ3) is 5.26. The lowest BCUT2D eigenvalue weighted by Crippen LogP contribution is -2.39. The predicted octanol–water partition coefficient (Wildman–Crippen LogP) is 2.94. The number of carbonyl (C=O) groups excluding carboxylic acids is 1. The van der Waals surface area contributed by atoms with E-state index in [0.717, 1.165) is 5.75 Å². The van der Waals surface area contributed by atoms with Crippen LogP contribution in [0.4, 0.5) is 4.79 Å². The second kappa shape index (κ2) is 8.33. The molecule has 2 rings (SSSR count). The Morgan fingerprint density at radius 3 is 2.54 bits per heavy atom. The summed E-state index contributed by atoms with van der Waals surface area (Å²) < 4.78 is 10.6. The van der Waals surface area contributed by atoms with Gasteiger partial charge in [-0.05, 0) is 37.5 Å². The normalized spacial score (nSPS) is 12.0. The third-order valence-corrected chi connectivity index (χ3v) is 3.46. The topological polar surface area (TPSA) is 89.3 Å². The van der Waals surface area contributed by atoms with Crippen molar-refractivity contribution in [2.24, 2.45) is 0 Å². The number of nitrogens with one attached hydrogen (secondary N) is 2. The van der Waals surface area contributed by atoms with Crippen LogP contribution in [0.3, 0.4) is 0 Å². The molecule has 1 heterocycles. The molecule has 0 aliphatic heterocycles. The Morgan fingerprint density at radius 2 is 1.96 bits per heavy atom. The highest BCUT2D eigenvalue weighted by Gasteiger charge is 2.15. The van der Waals surface area contributed by atoms with Gasteiger partial charge in [0.05, 0.1) is 6.54 Å². The van der Waals surface area contributed by atoms with Crippen molar-refractivity contribution in [3.8, 4) is 5.75 Å². The highest BCUT2D eigenvalue weighted by atomic mass is 16.5. The first-order valence-corrected chi connectivity index (χ1v) is 8.03. The van der Waals surface area contributed by atoms with Gasteiger partial charge in [0, 0.05) is 0 Å². The van der Waals surface area contributed by atoms with Crippen molar-refractivity contribution in [1.29, 1.82) is 0 Å². The molecule has 2 amide bonds. The molecule has 130 valence electrons. The molecule has 0 aliphatic rings. The standard InChI is InChI=1S/C17H24N4O3/c1-11(2)14-5-7-15(8-6-14)23-10-9-18-17(22)19-12(3)16-20-13(4)21-24-16/h5-8,11-12H,9-10H2,1-4H3,(H2,18,19,22). The third-order valence-electron chi connectivity index (χ3n) is 3.46. The minimum atomic E-state index is -0.351. The molecule has 0 aliphatic carbocycles. The van der Waals surface area contributed by atoms with E-state index in [2.05, 4.69) is 34.6 Å². The number of hydrogen-bond acceptors (Lipinski definition) is 5. The molecule has 0 spiro atoms. The first-order chi connectivity index (χ1) is 11.5. The molecule has 0 saturated heterocycles. The summed E-state index contributed by atoms with van der Waals surface area (Å²) in [5.74, 6) is 2.20. The van der Waals surface area contributed by atoms with Crippen LogP contribution in [0.1, 0.15) is 50.0 Å². The number of hydrogen-bond donors (Lipinski definition) is 2. The van der Waals surface area contributed by atoms with E-state index in [-0.39, 0.29) is 12.1 Å². The van der Waals surface area contributed by atoms with Gasteiger partial charge < -0.3 is 19.9 Å². The summed E-state index contributed by atoms with van der Waals surface area (Å²) in [5, 5.41) is 9.14. The summed E-state index contributed by atoms with van der Waals surface area (Å²) >= 11 is 0. The van der Waals surface area contributed by atoms with Crippen LogP contribution in [0, 0.1) is 6.92 Å².